The Bertz CT molecular complexity index is 605. The largest absolute Gasteiger partial charge is 0.240 e. The van der Waals surface area contributed by atoms with E-state index in [4.69, 9.17) is 0 Å². The first-order valence-corrected chi connectivity index (χ1v) is 5.84. The number of isocyanates is 2. The number of hydrogen-bond acceptors (Lipinski definition) is 4. The summed E-state index contributed by atoms with van der Waals surface area (Å²) in [4.78, 5) is 28.5. The Morgan fingerprint density at radius 3 is 2.50 bits per heavy atom. The molecule has 0 spiro atoms. The van der Waals surface area contributed by atoms with Crippen LogP contribution < -0.4 is 0 Å². The molecule has 0 radical (unpaired) electrons. The fourth-order valence-corrected chi connectivity index (χ4v) is 2.68. The van der Waals surface area contributed by atoms with E-state index in [-0.39, 0.29) is 5.41 Å². The molecule has 0 N–H and O–H groups in total. The molecule has 0 atom stereocenters. The Morgan fingerprint density at radius 2 is 1.89 bits per heavy atom. The van der Waals surface area contributed by atoms with E-state index in [0.717, 1.165) is 29.5 Å². The minimum absolute atomic E-state index is 0.0147. The van der Waals surface area contributed by atoms with E-state index in [0.29, 0.717) is 11.4 Å². The van der Waals surface area contributed by atoms with Crippen LogP contribution in [0.3, 0.4) is 0 Å². The van der Waals surface area contributed by atoms with Gasteiger partial charge in [-0.05, 0) is 42.4 Å². The molecule has 0 saturated carbocycles. The maximum atomic E-state index is 10.6. The van der Waals surface area contributed by atoms with E-state index in [2.05, 4.69) is 23.8 Å². The first-order valence-electron chi connectivity index (χ1n) is 5.84. The highest BCUT2D eigenvalue weighted by atomic mass is 16.1. The number of benzene rings is 1. The van der Waals surface area contributed by atoms with Gasteiger partial charge in [0.25, 0.3) is 0 Å². The van der Waals surface area contributed by atoms with Gasteiger partial charge in [-0.25, -0.2) is 9.59 Å². The van der Waals surface area contributed by atoms with Gasteiger partial charge in [0, 0.05) is 5.56 Å². The van der Waals surface area contributed by atoms with Crippen LogP contribution in [0.15, 0.2) is 16.1 Å². The molecule has 0 heterocycles. The van der Waals surface area contributed by atoms with E-state index in [1.54, 1.807) is 19.1 Å². The number of aryl methyl sites for hydroxylation is 1. The molecule has 0 aromatic heterocycles. The van der Waals surface area contributed by atoms with Crippen molar-refractivity contribution >= 4 is 23.5 Å². The molecular weight excluding hydrogens is 228 g/mol. The quantitative estimate of drug-likeness (QED) is 0.590. The van der Waals surface area contributed by atoms with E-state index < -0.39 is 0 Å². The lowest BCUT2D eigenvalue weighted by molar-refractivity contribution is 0.522. The van der Waals surface area contributed by atoms with Crippen molar-refractivity contribution in [2.24, 2.45) is 9.98 Å². The van der Waals surface area contributed by atoms with Crippen LogP contribution in [-0.4, -0.2) is 12.2 Å². The molecule has 0 aliphatic heterocycles. The molecule has 0 bridgehead atoms. The van der Waals surface area contributed by atoms with Crippen LogP contribution in [0.2, 0.25) is 0 Å². The lowest BCUT2D eigenvalue weighted by Gasteiger charge is -2.21. The summed E-state index contributed by atoms with van der Waals surface area (Å²) in [5, 5.41) is 0. The Labute approximate surface area is 105 Å². The van der Waals surface area contributed by atoms with Crippen molar-refractivity contribution in [2.75, 3.05) is 0 Å². The summed E-state index contributed by atoms with van der Waals surface area (Å²) in [6.07, 6.45) is 5.04. The molecule has 2 rings (SSSR count). The van der Waals surface area contributed by atoms with Crippen LogP contribution in [0.4, 0.5) is 11.4 Å². The van der Waals surface area contributed by atoms with Crippen LogP contribution >= 0.6 is 0 Å². The molecule has 4 nitrogen and oxygen atoms in total. The molecular formula is C14H14N2O2. The maximum absolute atomic E-state index is 10.6. The summed E-state index contributed by atoms with van der Waals surface area (Å²) in [7, 11) is 0. The molecule has 0 amide bonds. The fraction of sp³-hybridized carbons (Fsp3) is 0.429. The third-order valence-corrected chi connectivity index (χ3v) is 3.63. The number of rotatable bonds is 2. The van der Waals surface area contributed by atoms with Crippen LogP contribution in [-0.2, 0) is 21.4 Å². The van der Waals surface area contributed by atoms with Gasteiger partial charge < -0.3 is 0 Å². The molecule has 4 heteroatoms. The number of hydrogen-bond donors (Lipinski definition) is 0. The van der Waals surface area contributed by atoms with Crippen LogP contribution in [0.5, 0.6) is 0 Å². The molecule has 0 fully saturated rings. The summed E-state index contributed by atoms with van der Waals surface area (Å²) < 4.78 is 0. The van der Waals surface area contributed by atoms with Gasteiger partial charge in [0.15, 0.2) is 0 Å². The van der Waals surface area contributed by atoms with Gasteiger partial charge in [0.05, 0.1) is 11.4 Å². The van der Waals surface area contributed by atoms with E-state index in [9.17, 15) is 9.59 Å². The molecule has 0 unspecified atom stereocenters. The monoisotopic (exact) mass is 242 g/mol. The first-order chi connectivity index (χ1) is 8.51. The summed E-state index contributed by atoms with van der Waals surface area (Å²) in [6, 6.07) is 1.90. The topological polar surface area (TPSA) is 58.9 Å². The summed E-state index contributed by atoms with van der Waals surface area (Å²) in [6.45, 7) is 6.07. The van der Waals surface area contributed by atoms with Gasteiger partial charge in [-0.15, -0.1) is 0 Å². The Hall–Kier alpha value is -2.02. The second-order valence-electron chi connectivity index (χ2n) is 5.19. The minimum Gasteiger partial charge on any atom is -0.211 e. The van der Waals surface area contributed by atoms with E-state index in [1.165, 1.54) is 0 Å². The van der Waals surface area contributed by atoms with Gasteiger partial charge in [-0.1, -0.05) is 13.8 Å². The molecule has 92 valence electrons. The highest BCUT2D eigenvalue weighted by Crippen LogP contribution is 2.47. The molecule has 0 saturated heterocycles. The van der Waals surface area contributed by atoms with Crippen LogP contribution in [0, 0.1) is 6.92 Å². The van der Waals surface area contributed by atoms with Crippen molar-refractivity contribution in [1.29, 1.82) is 0 Å². The lowest BCUT2D eigenvalue weighted by Crippen LogP contribution is -2.12. The highest BCUT2D eigenvalue weighted by molar-refractivity contribution is 5.73. The Kier molecular flexibility index (Phi) is 3.00. The van der Waals surface area contributed by atoms with Crippen LogP contribution in [0.25, 0.3) is 0 Å². The summed E-state index contributed by atoms with van der Waals surface area (Å²) in [5.74, 6) is 0. The van der Waals surface area contributed by atoms with Gasteiger partial charge in [-0.2, -0.15) is 9.98 Å². The normalized spacial score (nSPS) is 15.5. The van der Waals surface area contributed by atoms with Crippen molar-refractivity contribution < 1.29 is 9.59 Å². The zero-order valence-corrected chi connectivity index (χ0v) is 10.7. The summed E-state index contributed by atoms with van der Waals surface area (Å²) >= 11 is 0. The SMILES string of the molecule is Cc1c(N=C=O)cc2c(c1N=C=O)C(C)(C)CC2. The fourth-order valence-electron chi connectivity index (χ4n) is 2.68. The molecule has 1 aliphatic carbocycles. The third kappa shape index (κ3) is 1.82. The smallest absolute Gasteiger partial charge is 0.211 e. The molecule has 1 aromatic rings. The second-order valence-corrected chi connectivity index (χ2v) is 5.19. The van der Waals surface area contributed by atoms with Gasteiger partial charge in [0.1, 0.15) is 0 Å². The number of nitrogens with zero attached hydrogens (tertiary/aromatic N) is 2. The van der Waals surface area contributed by atoms with Gasteiger partial charge >= 0.3 is 0 Å². The summed E-state index contributed by atoms with van der Waals surface area (Å²) in [5.41, 5.74) is 4.05. The van der Waals surface area contributed by atoms with Crippen molar-refractivity contribution in [1.82, 2.24) is 0 Å². The zero-order chi connectivity index (χ0) is 13.3. The average Bonchev–Trinajstić information content (AvgIpc) is 2.61. The van der Waals surface area contributed by atoms with Gasteiger partial charge in [-0.3, -0.25) is 0 Å². The Morgan fingerprint density at radius 1 is 1.22 bits per heavy atom. The predicted molar refractivity (Wildman–Crippen MR) is 68.1 cm³/mol. The van der Waals surface area contributed by atoms with Gasteiger partial charge in [0.2, 0.25) is 12.2 Å². The van der Waals surface area contributed by atoms with Crippen molar-refractivity contribution in [3.05, 3.63) is 22.8 Å². The predicted octanol–water partition coefficient (Wildman–Crippen LogP) is 3.15. The highest BCUT2D eigenvalue weighted by Gasteiger charge is 2.34. The molecule has 1 aromatic carbocycles. The lowest BCUT2D eigenvalue weighted by atomic mass is 9.84. The molecule has 1 aliphatic rings. The zero-order valence-electron chi connectivity index (χ0n) is 10.7. The Balaban J connectivity index is 2.83. The van der Waals surface area contributed by atoms with E-state index in [1.807, 2.05) is 6.07 Å². The molecule has 18 heavy (non-hydrogen) atoms. The number of aliphatic imine (C=N–C) groups is 2. The van der Waals surface area contributed by atoms with Crippen LogP contribution in [0.1, 0.15) is 37.0 Å². The van der Waals surface area contributed by atoms with Crippen molar-refractivity contribution in [3.63, 3.8) is 0 Å². The standard InChI is InChI=1S/C14H14N2O2/c1-9-11(15-7-17)6-10-4-5-14(2,3)12(10)13(9)16-8-18/h6H,4-5H2,1-3H3. The first kappa shape index (κ1) is 12.4. The van der Waals surface area contributed by atoms with E-state index >= 15 is 0 Å². The average molecular weight is 242 g/mol. The van der Waals surface area contributed by atoms with Crippen molar-refractivity contribution in [2.45, 2.75) is 39.0 Å². The van der Waals surface area contributed by atoms with Crippen molar-refractivity contribution in [3.8, 4) is 0 Å². The number of carbonyl (C=O) groups excluding carboxylic acids is 2. The minimum atomic E-state index is -0.0147. The third-order valence-electron chi connectivity index (χ3n) is 3.63. The maximum Gasteiger partial charge on any atom is 0.240 e. The second kappa shape index (κ2) is 4.34. The number of fused-ring (bicyclic) bond motifs is 1.